The molecule has 0 N–H and O–H groups in total. The van der Waals surface area contributed by atoms with Gasteiger partial charge in [0.15, 0.2) is 5.78 Å². The molecule has 1 saturated heterocycles. The smallest absolute Gasteiger partial charge is 0.253 e. The van der Waals surface area contributed by atoms with Gasteiger partial charge in [-0.05, 0) is 30.3 Å². The Balaban J connectivity index is 1.50. The minimum Gasteiger partial charge on any atom is -0.497 e. The van der Waals surface area contributed by atoms with Crippen molar-refractivity contribution in [3.05, 3.63) is 57.6 Å². The van der Waals surface area contributed by atoms with E-state index in [2.05, 4.69) is 0 Å². The van der Waals surface area contributed by atoms with E-state index >= 15 is 0 Å². The summed E-state index contributed by atoms with van der Waals surface area (Å²) in [6, 6.07) is 10.3. The van der Waals surface area contributed by atoms with Gasteiger partial charge in [-0.25, -0.2) is 0 Å². The number of fused-ring (bicyclic) bond motifs is 1. The highest BCUT2D eigenvalue weighted by Gasteiger charge is 2.44. The van der Waals surface area contributed by atoms with Crippen LogP contribution in [-0.4, -0.2) is 42.4 Å². The largest absolute Gasteiger partial charge is 0.497 e. The Bertz CT molecular complexity index is 951. The van der Waals surface area contributed by atoms with E-state index in [9.17, 15) is 9.59 Å². The third kappa shape index (κ3) is 3.45. The van der Waals surface area contributed by atoms with Crippen molar-refractivity contribution in [3.63, 3.8) is 0 Å². The maximum absolute atomic E-state index is 12.8. The molecule has 0 unspecified atom stereocenters. The highest BCUT2D eigenvalue weighted by molar-refractivity contribution is 6.36. The number of likely N-dealkylation sites (tertiary alicyclic amines) is 1. The standard InChI is InChI=1S/C21H19Cl2NO4/c1-27-15-4-2-3-13(9-15)20(26)24-7-5-21(6-8-24)12-18(25)16-10-14(22)11-17(23)19(16)28-21/h2-4,9-11H,5-8,12H2,1H3. The van der Waals surface area contributed by atoms with Crippen LogP contribution in [0.2, 0.25) is 10.0 Å². The van der Waals surface area contributed by atoms with Crippen LogP contribution in [0.15, 0.2) is 36.4 Å². The Morgan fingerprint density at radius 3 is 2.64 bits per heavy atom. The number of halogens is 2. The van der Waals surface area contributed by atoms with Gasteiger partial charge in [0.1, 0.15) is 17.1 Å². The second kappa shape index (κ2) is 7.30. The monoisotopic (exact) mass is 419 g/mol. The zero-order valence-electron chi connectivity index (χ0n) is 15.3. The molecule has 2 aromatic rings. The quantitative estimate of drug-likeness (QED) is 0.710. The first-order valence-electron chi connectivity index (χ1n) is 9.05. The van der Waals surface area contributed by atoms with Crippen LogP contribution in [0.4, 0.5) is 0 Å². The summed E-state index contributed by atoms with van der Waals surface area (Å²) < 4.78 is 11.4. The zero-order valence-corrected chi connectivity index (χ0v) is 16.8. The van der Waals surface area contributed by atoms with Gasteiger partial charge in [-0.1, -0.05) is 29.3 Å². The van der Waals surface area contributed by atoms with Gasteiger partial charge >= 0.3 is 0 Å². The number of amides is 1. The van der Waals surface area contributed by atoms with Crippen LogP contribution in [0.3, 0.4) is 0 Å². The Labute approximate surface area is 173 Å². The lowest BCUT2D eigenvalue weighted by molar-refractivity contribution is -0.00565. The lowest BCUT2D eigenvalue weighted by Crippen LogP contribution is -2.52. The molecule has 1 amide bonds. The van der Waals surface area contributed by atoms with E-state index in [0.29, 0.717) is 58.6 Å². The lowest BCUT2D eigenvalue weighted by atomic mass is 9.82. The summed E-state index contributed by atoms with van der Waals surface area (Å²) in [7, 11) is 1.57. The molecule has 0 aliphatic carbocycles. The Morgan fingerprint density at radius 1 is 1.18 bits per heavy atom. The van der Waals surface area contributed by atoms with Crippen LogP contribution >= 0.6 is 23.2 Å². The molecular weight excluding hydrogens is 401 g/mol. The van der Waals surface area contributed by atoms with Gasteiger partial charge in [0.2, 0.25) is 0 Å². The van der Waals surface area contributed by atoms with Crippen LogP contribution in [0.25, 0.3) is 0 Å². The number of rotatable bonds is 2. The zero-order chi connectivity index (χ0) is 19.9. The fourth-order valence-electron chi connectivity index (χ4n) is 3.85. The third-order valence-corrected chi connectivity index (χ3v) is 5.89. The van der Waals surface area contributed by atoms with Gasteiger partial charge < -0.3 is 14.4 Å². The summed E-state index contributed by atoms with van der Waals surface area (Å²) >= 11 is 12.3. The number of piperidine rings is 1. The predicted molar refractivity (Wildman–Crippen MR) is 107 cm³/mol. The molecule has 4 rings (SSSR count). The van der Waals surface area contributed by atoms with Crippen molar-refractivity contribution < 1.29 is 19.1 Å². The van der Waals surface area contributed by atoms with E-state index in [1.807, 2.05) is 0 Å². The van der Waals surface area contributed by atoms with Gasteiger partial charge in [-0.15, -0.1) is 0 Å². The molecule has 0 bridgehead atoms. The van der Waals surface area contributed by atoms with Crippen LogP contribution in [-0.2, 0) is 0 Å². The fourth-order valence-corrected chi connectivity index (χ4v) is 4.38. The number of nitrogens with zero attached hydrogens (tertiary/aromatic N) is 1. The number of ether oxygens (including phenoxy) is 2. The van der Waals surface area contributed by atoms with Gasteiger partial charge in [-0.3, -0.25) is 9.59 Å². The Hall–Kier alpha value is -2.24. The van der Waals surface area contributed by atoms with E-state index in [1.54, 1.807) is 48.4 Å². The van der Waals surface area contributed by atoms with Crippen molar-refractivity contribution in [2.45, 2.75) is 24.9 Å². The number of hydrogen-bond acceptors (Lipinski definition) is 4. The lowest BCUT2D eigenvalue weighted by Gasteiger charge is -2.44. The maximum Gasteiger partial charge on any atom is 0.253 e. The van der Waals surface area contributed by atoms with Gasteiger partial charge in [0, 0.05) is 36.5 Å². The highest BCUT2D eigenvalue weighted by atomic mass is 35.5. The highest BCUT2D eigenvalue weighted by Crippen LogP contribution is 2.44. The molecule has 7 heteroatoms. The van der Waals surface area contributed by atoms with Crippen molar-refractivity contribution in [1.82, 2.24) is 4.90 Å². The molecule has 1 spiro atoms. The summed E-state index contributed by atoms with van der Waals surface area (Å²) in [5.74, 6) is 0.958. The van der Waals surface area contributed by atoms with E-state index in [1.165, 1.54) is 0 Å². The third-order valence-electron chi connectivity index (χ3n) is 5.39. The van der Waals surface area contributed by atoms with Crippen LogP contribution < -0.4 is 9.47 Å². The number of carbonyl (C=O) groups excluding carboxylic acids is 2. The number of methoxy groups -OCH3 is 1. The topological polar surface area (TPSA) is 55.8 Å². The first-order chi connectivity index (χ1) is 13.4. The molecule has 1 fully saturated rings. The van der Waals surface area contributed by atoms with Crippen molar-refractivity contribution >= 4 is 34.9 Å². The van der Waals surface area contributed by atoms with Crippen molar-refractivity contribution in [2.75, 3.05) is 20.2 Å². The van der Waals surface area contributed by atoms with Crippen LogP contribution in [0, 0.1) is 0 Å². The maximum atomic E-state index is 12.8. The normalized spacial score (nSPS) is 17.8. The van der Waals surface area contributed by atoms with E-state index in [0.717, 1.165) is 0 Å². The molecule has 2 aliphatic heterocycles. The fraction of sp³-hybridized carbons (Fsp3) is 0.333. The molecule has 2 aliphatic rings. The minimum absolute atomic E-state index is 0.0294. The first-order valence-corrected chi connectivity index (χ1v) is 9.81. The molecular formula is C21H19Cl2NO4. The molecule has 0 aromatic heterocycles. The predicted octanol–water partition coefficient (Wildman–Crippen LogP) is 4.64. The van der Waals surface area contributed by atoms with E-state index < -0.39 is 5.60 Å². The summed E-state index contributed by atoms with van der Waals surface area (Å²) in [5.41, 5.74) is 0.379. The van der Waals surface area contributed by atoms with Crippen LogP contribution in [0.1, 0.15) is 40.0 Å². The SMILES string of the molecule is COc1cccc(C(=O)N2CCC3(CC2)CC(=O)c2cc(Cl)cc(Cl)c2O3)c1. The number of benzene rings is 2. The summed E-state index contributed by atoms with van der Waals surface area (Å²) in [4.78, 5) is 27.3. The molecule has 0 radical (unpaired) electrons. The number of hydrogen-bond donors (Lipinski definition) is 0. The van der Waals surface area contributed by atoms with Gasteiger partial charge in [0.25, 0.3) is 5.91 Å². The average molecular weight is 420 g/mol. The molecule has 0 atom stereocenters. The molecule has 5 nitrogen and oxygen atoms in total. The van der Waals surface area contributed by atoms with Crippen molar-refractivity contribution in [1.29, 1.82) is 0 Å². The molecule has 2 aromatic carbocycles. The molecule has 28 heavy (non-hydrogen) atoms. The molecule has 0 saturated carbocycles. The summed E-state index contributed by atoms with van der Waals surface area (Å²) in [6.45, 7) is 1.01. The van der Waals surface area contributed by atoms with E-state index in [4.69, 9.17) is 32.7 Å². The minimum atomic E-state index is -0.632. The second-order valence-electron chi connectivity index (χ2n) is 7.17. The number of ketones is 1. The Morgan fingerprint density at radius 2 is 1.93 bits per heavy atom. The first kappa shape index (κ1) is 19.1. The summed E-state index contributed by atoms with van der Waals surface area (Å²) in [6.07, 6.45) is 1.39. The van der Waals surface area contributed by atoms with Gasteiger partial charge in [0.05, 0.1) is 24.1 Å². The Kier molecular flexibility index (Phi) is 4.98. The van der Waals surface area contributed by atoms with Crippen LogP contribution in [0.5, 0.6) is 11.5 Å². The van der Waals surface area contributed by atoms with E-state index in [-0.39, 0.29) is 18.1 Å². The average Bonchev–Trinajstić information content (AvgIpc) is 2.69. The molecule has 146 valence electrons. The van der Waals surface area contributed by atoms with Crippen molar-refractivity contribution in [3.8, 4) is 11.5 Å². The number of Topliss-reactive ketones (excluding diaryl/α,β-unsaturated/α-hetero) is 1. The van der Waals surface area contributed by atoms with Crippen molar-refractivity contribution in [2.24, 2.45) is 0 Å². The second-order valence-corrected chi connectivity index (χ2v) is 8.02. The number of carbonyl (C=O) groups is 2. The summed E-state index contributed by atoms with van der Waals surface area (Å²) in [5, 5.41) is 0.750. The molecule has 2 heterocycles. The van der Waals surface area contributed by atoms with Gasteiger partial charge in [-0.2, -0.15) is 0 Å².